The van der Waals surface area contributed by atoms with E-state index in [4.69, 9.17) is 5.11 Å². The van der Waals surface area contributed by atoms with Gasteiger partial charge in [0.2, 0.25) is 5.91 Å². The van der Waals surface area contributed by atoms with Gasteiger partial charge in [-0.2, -0.15) is 0 Å². The first kappa shape index (κ1) is 19.2. The summed E-state index contributed by atoms with van der Waals surface area (Å²) in [5, 5.41) is 16.6. The third-order valence-electron chi connectivity index (χ3n) is 2.81. The molecule has 0 rings (SSSR count). The van der Waals surface area contributed by atoms with E-state index in [1.807, 2.05) is 13.8 Å². The van der Waals surface area contributed by atoms with Gasteiger partial charge in [-0.25, -0.2) is 9.59 Å². The van der Waals surface area contributed by atoms with E-state index in [1.165, 1.54) is 0 Å². The Bertz CT molecular complexity index is 388. The Hall–Kier alpha value is -1.79. The first-order chi connectivity index (χ1) is 9.45. The summed E-state index contributed by atoms with van der Waals surface area (Å²) in [5.74, 6) is -1.11. The summed E-state index contributed by atoms with van der Waals surface area (Å²) >= 11 is 0. The molecule has 1 unspecified atom stereocenters. The molecule has 2 atom stereocenters. The lowest BCUT2D eigenvalue weighted by Crippen LogP contribution is -2.55. The number of rotatable bonds is 6. The number of carboxylic acid groups (broad SMARTS) is 1. The average molecular weight is 301 g/mol. The van der Waals surface area contributed by atoms with Gasteiger partial charge in [0.05, 0.1) is 0 Å². The molecule has 0 aliphatic rings. The fourth-order valence-corrected chi connectivity index (χ4v) is 1.54. The highest BCUT2D eigenvalue weighted by Crippen LogP contribution is 2.19. The molecule has 0 bridgehead atoms. The number of amides is 3. The summed E-state index contributed by atoms with van der Waals surface area (Å²) in [4.78, 5) is 34.7. The summed E-state index contributed by atoms with van der Waals surface area (Å²) in [6, 6.07) is -2.45. The van der Waals surface area contributed by atoms with Gasteiger partial charge in [-0.15, -0.1) is 0 Å². The van der Waals surface area contributed by atoms with Crippen LogP contribution in [0.2, 0.25) is 0 Å². The zero-order valence-corrected chi connectivity index (χ0v) is 13.6. The van der Waals surface area contributed by atoms with Crippen molar-refractivity contribution in [3.05, 3.63) is 0 Å². The topological polar surface area (TPSA) is 108 Å². The molecule has 0 aliphatic carbocycles. The van der Waals surface area contributed by atoms with E-state index in [0.29, 0.717) is 12.5 Å². The SMILES string of the molecule is CC(C)CNC(=O)C(C)NC(=O)N[C@@H](C(=O)O)C(C)(C)C. The van der Waals surface area contributed by atoms with Crippen LogP contribution in [0, 0.1) is 11.3 Å². The number of carbonyl (C=O) groups excluding carboxylic acids is 2. The summed E-state index contributed by atoms with van der Waals surface area (Å²) in [5.41, 5.74) is -0.633. The second-order valence-electron chi connectivity index (χ2n) is 6.62. The normalized spacial score (nSPS) is 14.2. The van der Waals surface area contributed by atoms with Crippen molar-refractivity contribution in [1.29, 1.82) is 0 Å². The molecule has 3 amide bonds. The summed E-state index contributed by atoms with van der Waals surface area (Å²) in [7, 11) is 0. The molecule has 0 saturated carbocycles. The second kappa shape index (κ2) is 7.85. The van der Waals surface area contributed by atoms with E-state index < -0.39 is 29.5 Å². The van der Waals surface area contributed by atoms with Crippen LogP contribution in [-0.2, 0) is 9.59 Å². The predicted octanol–water partition coefficient (Wildman–Crippen LogP) is 0.946. The fourth-order valence-electron chi connectivity index (χ4n) is 1.54. The first-order valence-electron chi connectivity index (χ1n) is 7.02. The minimum atomic E-state index is -1.12. The highest BCUT2D eigenvalue weighted by atomic mass is 16.4. The largest absolute Gasteiger partial charge is 0.480 e. The number of carbonyl (C=O) groups is 3. The smallest absolute Gasteiger partial charge is 0.326 e. The molecule has 0 aromatic carbocycles. The van der Waals surface area contributed by atoms with E-state index in [2.05, 4.69) is 16.0 Å². The van der Waals surface area contributed by atoms with Gasteiger partial charge in [-0.3, -0.25) is 4.79 Å². The van der Waals surface area contributed by atoms with Crippen molar-refractivity contribution in [3.8, 4) is 0 Å². The van der Waals surface area contributed by atoms with E-state index in [9.17, 15) is 14.4 Å². The van der Waals surface area contributed by atoms with Crippen molar-refractivity contribution < 1.29 is 19.5 Å². The molecular weight excluding hydrogens is 274 g/mol. The Labute approximate surface area is 125 Å². The van der Waals surface area contributed by atoms with Crippen LogP contribution in [0.3, 0.4) is 0 Å². The van der Waals surface area contributed by atoms with Crippen LogP contribution in [0.4, 0.5) is 4.79 Å². The molecule has 7 nitrogen and oxygen atoms in total. The van der Waals surface area contributed by atoms with Gasteiger partial charge in [0.1, 0.15) is 12.1 Å². The van der Waals surface area contributed by atoms with Gasteiger partial charge in [-0.05, 0) is 18.3 Å². The van der Waals surface area contributed by atoms with Gasteiger partial charge in [-0.1, -0.05) is 34.6 Å². The van der Waals surface area contributed by atoms with E-state index in [1.54, 1.807) is 27.7 Å². The standard InChI is InChI=1S/C14H27N3O4/c1-8(2)7-15-11(18)9(3)16-13(21)17-10(12(19)20)14(4,5)6/h8-10H,7H2,1-6H3,(H,15,18)(H,19,20)(H2,16,17,21)/t9?,10-/m0/s1. The highest BCUT2D eigenvalue weighted by Gasteiger charge is 2.33. The van der Waals surface area contributed by atoms with Crippen LogP contribution in [-0.4, -0.2) is 41.6 Å². The van der Waals surface area contributed by atoms with E-state index >= 15 is 0 Å². The van der Waals surface area contributed by atoms with Crippen LogP contribution in [0.5, 0.6) is 0 Å². The maximum Gasteiger partial charge on any atom is 0.326 e. The van der Waals surface area contributed by atoms with Gasteiger partial charge >= 0.3 is 12.0 Å². The predicted molar refractivity (Wildman–Crippen MR) is 79.9 cm³/mol. The monoisotopic (exact) mass is 301 g/mol. The molecule has 0 saturated heterocycles. The van der Waals surface area contributed by atoms with Gasteiger partial charge in [0, 0.05) is 6.54 Å². The number of hydrogen-bond acceptors (Lipinski definition) is 3. The quantitative estimate of drug-likeness (QED) is 0.585. The fraction of sp³-hybridized carbons (Fsp3) is 0.786. The van der Waals surface area contributed by atoms with Crippen LogP contribution >= 0.6 is 0 Å². The summed E-state index contributed by atoms with van der Waals surface area (Å²) < 4.78 is 0. The Kier molecular flexibility index (Phi) is 7.18. The molecule has 0 radical (unpaired) electrons. The van der Waals surface area contributed by atoms with Crippen molar-refractivity contribution in [2.75, 3.05) is 6.54 Å². The molecule has 0 aromatic heterocycles. The molecular formula is C14H27N3O4. The molecule has 122 valence electrons. The van der Waals surface area contributed by atoms with Crippen molar-refractivity contribution in [1.82, 2.24) is 16.0 Å². The van der Waals surface area contributed by atoms with Crippen LogP contribution in [0.15, 0.2) is 0 Å². The lowest BCUT2D eigenvalue weighted by molar-refractivity contribution is -0.141. The number of hydrogen-bond donors (Lipinski definition) is 4. The summed E-state index contributed by atoms with van der Waals surface area (Å²) in [6.07, 6.45) is 0. The lowest BCUT2D eigenvalue weighted by atomic mass is 9.87. The minimum absolute atomic E-state index is 0.304. The number of aliphatic carboxylic acids is 1. The zero-order valence-electron chi connectivity index (χ0n) is 13.6. The molecule has 0 aliphatic heterocycles. The number of urea groups is 1. The molecule has 7 heteroatoms. The van der Waals surface area contributed by atoms with Gasteiger partial charge in [0.15, 0.2) is 0 Å². The third-order valence-corrected chi connectivity index (χ3v) is 2.81. The lowest BCUT2D eigenvalue weighted by Gasteiger charge is -2.28. The Morgan fingerprint density at radius 1 is 1.05 bits per heavy atom. The van der Waals surface area contributed by atoms with Gasteiger partial charge < -0.3 is 21.1 Å². The molecule has 0 aromatic rings. The average Bonchev–Trinajstić information content (AvgIpc) is 2.30. The third kappa shape index (κ3) is 7.53. The second-order valence-corrected chi connectivity index (χ2v) is 6.62. The Morgan fingerprint density at radius 2 is 1.57 bits per heavy atom. The van der Waals surface area contributed by atoms with Crippen LogP contribution in [0.25, 0.3) is 0 Å². The number of nitrogens with one attached hydrogen (secondary N) is 3. The molecule has 4 N–H and O–H groups in total. The Balaban J connectivity index is 4.48. The van der Waals surface area contributed by atoms with Crippen molar-refractivity contribution in [2.45, 2.75) is 53.6 Å². The maximum atomic E-state index is 11.8. The molecule has 0 heterocycles. The zero-order chi connectivity index (χ0) is 16.8. The van der Waals surface area contributed by atoms with E-state index in [-0.39, 0.29) is 5.91 Å². The Morgan fingerprint density at radius 3 is 1.95 bits per heavy atom. The van der Waals surface area contributed by atoms with Gasteiger partial charge in [0.25, 0.3) is 0 Å². The highest BCUT2D eigenvalue weighted by molar-refractivity contribution is 5.88. The number of carboxylic acids is 1. The maximum absolute atomic E-state index is 11.8. The van der Waals surface area contributed by atoms with Crippen LogP contribution in [0.1, 0.15) is 41.5 Å². The first-order valence-corrected chi connectivity index (χ1v) is 7.02. The molecule has 0 fully saturated rings. The van der Waals surface area contributed by atoms with Crippen molar-refractivity contribution >= 4 is 17.9 Å². The molecule has 21 heavy (non-hydrogen) atoms. The molecule has 0 spiro atoms. The minimum Gasteiger partial charge on any atom is -0.480 e. The van der Waals surface area contributed by atoms with Crippen molar-refractivity contribution in [2.24, 2.45) is 11.3 Å². The van der Waals surface area contributed by atoms with Crippen LogP contribution < -0.4 is 16.0 Å². The van der Waals surface area contributed by atoms with Crippen molar-refractivity contribution in [3.63, 3.8) is 0 Å². The van der Waals surface area contributed by atoms with E-state index in [0.717, 1.165) is 0 Å². The summed E-state index contributed by atoms with van der Waals surface area (Å²) in [6.45, 7) is 11.1.